The Hall–Kier alpha value is -3.13. The van der Waals surface area contributed by atoms with Crippen molar-refractivity contribution < 1.29 is 4.79 Å². The van der Waals surface area contributed by atoms with Gasteiger partial charge in [-0.25, -0.2) is 14.3 Å². The predicted octanol–water partition coefficient (Wildman–Crippen LogP) is -0.191. The zero-order valence-electron chi connectivity index (χ0n) is 13.8. The summed E-state index contributed by atoms with van der Waals surface area (Å²) in [5, 5.41) is 3.27. The SMILES string of the molecule is CNC(C=O)Cc1ccc(-n2c(=O)c3ccncc3n(C)c2=O)nc1. The Balaban J connectivity index is 2.10. The Morgan fingerprint density at radius 1 is 1.24 bits per heavy atom. The average molecular weight is 339 g/mol. The second-order valence-electron chi connectivity index (χ2n) is 5.63. The topological polar surface area (TPSA) is 98.9 Å². The molecule has 25 heavy (non-hydrogen) atoms. The van der Waals surface area contributed by atoms with Crippen LogP contribution in [0.25, 0.3) is 16.7 Å². The van der Waals surface area contributed by atoms with E-state index in [4.69, 9.17) is 0 Å². The molecular weight excluding hydrogens is 322 g/mol. The standard InChI is InChI=1S/C17H17N5O3/c1-18-12(10-23)7-11-3-4-15(20-8-11)22-16(24)13-5-6-19-9-14(13)21(2)17(22)25/h3-6,8-10,12,18H,7H2,1-2H3. The molecule has 0 aliphatic rings. The Kier molecular flexibility index (Phi) is 4.53. The van der Waals surface area contributed by atoms with Crippen molar-refractivity contribution in [3.63, 3.8) is 0 Å². The number of aldehydes is 1. The zero-order valence-corrected chi connectivity index (χ0v) is 13.8. The average Bonchev–Trinajstić information content (AvgIpc) is 2.65. The first-order valence-electron chi connectivity index (χ1n) is 7.70. The van der Waals surface area contributed by atoms with Gasteiger partial charge in [0.2, 0.25) is 0 Å². The van der Waals surface area contributed by atoms with Gasteiger partial charge in [0.05, 0.1) is 23.1 Å². The Morgan fingerprint density at radius 3 is 2.68 bits per heavy atom. The number of nitrogens with one attached hydrogen (secondary N) is 1. The van der Waals surface area contributed by atoms with Gasteiger partial charge in [0.15, 0.2) is 0 Å². The van der Waals surface area contributed by atoms with E-state index in [9.17, 15) is 14.4 Å². The van der Waals surface area contributed by atoms with Crippen molar-refractivity contribution in [2.75, 3.05) is 7.05 Å². The third-order valence-electron chi connectivity index (χ3n) is 4.10. The van der Waals surface area contributed by atoms with Gasteiger partial charge in [-0.15, -0.1) is 0 Å². The molecule has 1 N–H and O–H groups in total. The molecule has 3 rings (SSSR count). The van der Waals surface area contributed by atoms with Crippen molar-refractivity contribution in [3.8, 4) is 5.82 Å². The van der Waals surface area contributed by atoms with Crippen LogP contribution in [0.1, 0.15) is 5.56 Å². The normalized spacial score (nSPS) is 12.2. The van der Waals surface area contributed by atoms with Crippen LogP contribution in [-0.2, 0) is 18.3 Å². The van der Waals surface area contributed by atoms with Gasteiger partial charge in [-0.3, -0.25) is 14.3 Å². The summed E-state index contributed by atoms with van der Waals surface area (Å²) < 4.78 is 2.39. The number of likely N-dealkylation sites (N-methyl/N-ethyl adjacent to an activating group) is 1. The lowest BCUT2D eigenvalue weighted by Crippen LogP contribution is -2.38. The van der Waals surface area contributed by atoms with Gasteiger partial charge < -0.3 is 10.1 Å². The first-order valence-corrected chi connectivity index (χ1v) is 7.70. The summed E-state index contributed by atoms with van der Waals surface area (Å²) in [5.74, 6) is 0.236. The summed E-state index contributed by atoms with van der Waals surface area (Å²) in [7, 11) is 3.28. The van der Waals surface area contributed by atoms with Crippen LogP contribution >= 0.6 is 0 Å². The number of hydrogen-bond acceptors (Lipinski definition) is 6. The molecular formula is C17H17N5O3. The van der Waals surface area contributed by atoms with E-state index >= 15 is 0 Å². The fourth-order valence-electron chi connectivity index (χ4n) is 2.64. The van der Waals surface area contributed by atoms with Crippen LogP contribution < -0.4 is 16.6 Å². The molecule has 0 saturated heterocycles. The fraction of sp³-hybridized carbons (Fsp3) is 0.235. The van der Waals surface area contributed by atoms with Crippen LogP contribution in [0.3, 0.4) is 0 Å². The third-order valence-corrected chi connectivity index (χ3v) is 4.10. The lowest BCUT2D eigenvalue weighted by Gasteiger charge is -2.11. The molecule has 0 saturated carbocycles. The molecule has 0 spiro atoms. The minimum absolute atomic E-state index is 0.236. The first-order chi connectivity index (χ1) is 12.1. The highest BCUT2D eigenvalue weighted by molar-refractivity contribution is 5.76. The van der Waals surface area contributed by atoms with Crippen LogP contribution in [-0.4, -0.2) is 38.5 Å². The van der Waals surface area contributed by atoms with Gasteiger partial charge in [0.1, 0.15) is 12.1 Å². The second kappa shape index (κ2) is 6.78. The van der Waals surface area contributed by atoms with E-state index in [0.29, 0.717) is 17.3 Å². The van der Waals surface area contributed by atoms with Gasteiger partial charge >= 0.3 is 5.69 Å². The van der Waals surface area contributed by atoms with E-state index in [2.05, 4.69) is 15.3 Å². The summed E-state index contributed by atoms with van der Waals surface area (Å²) in [6, 6.07) is 4.61. The smallest absolute Gasteiger partial charge is 0.311 e. The summed E-state index contributed by atoms with van der Waals surface area (Å²) in [6.07, 6.45) is 5.85. The highest BCUT2D eigenvalue weighted by atomic mass is 16.2. The summed E-state index contributed by atoms with van der Waals surface area (Å²) in [5.41, 5.74) is 0.353. The highest BCUT2D eigenvalue weighted by Crippen LogP contribution is 2.08. The summed E-state index contributed by atoms with van der Waals surface area (Å²) in [4.78, 5) is 44.3. The van der Waals surface area contributed by atoms with Crippen LogP contribution in [0, 0.1) is 0 Å². The van der Waals surface area contributed by atoms with E-state index in [1.807, 2.05) is 0 Å². The number of pyridine rings is 2. The van der Waals surface area contributed by atoms with Crippen LogP contribution in [0.2, 0.25) is 0 Å². The molecule has 0 aliphatic carbocycles. The molecule has 8 heteroatoms. The monoisotopic (exact) mass is 339 g/mol. The van der Waals surface area contributed by atoms with Crippen molar-refractivity contribution in [3.05, 3.63) is 63.2 Å². The number of rotatable bonds is 5. The highest BCUT2D eigenvalue weighted by Gasteiger charge is 2.13. The molecule has 0 aliphatic heterocycles. The van der Waals surface area contributed by atoms with Gasteiger partial charge in [0, 0.05) is 19.4 Å². The molecule has 0 aromatic carbocycles. The molecule has 1 atom stereocenters. The van der Waals surface area contributed by atoms with Crippen molar-refractivity contribution in [2.45, 2.75) is 12.5 Å². The number of carbonyl (C=O) groups excluding carboxylic acids is 1. The number of hydrogen-bond donors (Lipinski definition) is 1. The quantitative estimate of drug-likeness (QED) is 0.647. The molecule has 8 nitrogen and oxygen atoms in total. The van der Waals surface area contributed by atoms with E-state index in [1.165, 1.54) is 17.0 Å². The summed E-state index contributed by atoms with van der Waals surface area (Å²) >= 11 is 0. The van der Waals surface area contributed by atoms with Gasteiger partial charge in [-0.05, 0) is 31.2 Å². The van der Waals surface area contributed by atoms with Crippen molar-refractivity contribution in [2.24, 2.45) is 7.05 Å². The number of aryl methyl sites for hydroxylation is 1. The predicted molar refractivity (Wildman–Crippen MR) is 93.0 cm³/mol. The lowest BCUT2D eigenvalue weighted by atomic mass is 10.1. The second-order valence-corrected chi connectivity index (χ2v) is 5.63. The molecule has 128 valence electrons. The summed E-state index contributed by atoms with van der Waals surface area (Å²) in [6.45, 7) is 0. The maximum absolute atomic E-state index is 12.7. The molecule has 0 radical (unpaired) electrons. The Labute approximate surface area is 142 Å². The van der Waals surface area contributed by atoms with Crippen molar-refractivity contribution >= 4 is 17.2 Å². The zero-order chi connectivity index (χ0) is 18.0. The molecule has 1 unspecified atom stereocenters. The maximum atomic E-state index is 12.7. The number of carbonyl (C=O) groups is 1. The molecule has 0 bridgehead atoms. The largest absolute Gasteiger partial charge is 0.337 e. The van der Waals surface area contributed by atoms with Crippen LogP contribution in [0.5, 0.6) is 0 Å². The minimum atomic E-state index is -0.494. The number of aromatic nitrogens is 4. The maximum Gasteiger partial charge on any atom is 0.337 e. The van der Waals surface area contributed by atoms with E-state index < -0.39 is 11.2 Å². The molecule has 0 fully saturated rings. The van der Waals surface area contributed by atoms with Crippen LogP contribution in [0.15, 0.2) is 46.4 Å². The fourth-order valence-corrected chi connectivity index (χ4v) is 2.64. The van der Waals surface area contributed by atoms with E-state index in [0.717, 1.165) is 16.4 Å². The third kappa shape index (κ3) is 2.99. The molecule has 3 heterocycles. The van der Waals surface area contributed by atoms with E-state index in [-0.39, 0.29) is 11.9 Å². The van der Waals surface area contributed by atoms with Gasteiger partial charge in [0.25, 0.3) is 5.56 Å². The number of fused-ring (bicyclic) bond motifs is 1. The Morgan fingerprint density at radius 2 is 2.04 bits per heavy atom. The van der Waals surface area contributed by atoms with Crippen LogP contribution in [0.4, 0.5) is 0 Å². The molecule has 3 aromatic heterocycles. The van der Waals surface area contributed by atoms with Gasteiger partial charge in [-0.1, -0.05) is 6.07 Å². The minimum Gasteiger partial charge on any atom is -0.311 e. The number of nitrogens with zero attached hydrogens (tertiary/aromatic N) is 4. The Bertz CT molecular complexity index is 1040. The molecule has 3 aromatic rings. The van der Waals surface area contributed by atoms with Crippen molar-refractivity contribution in [1.82, 2.24) is 24.4 Å². The first kappa shape index (κ1) is 16.7. The van der Waals surface area contributed by atoms with Gasteiger partial charge in [-0.2, -0.15) is 0 Å². The molecule has 0 amide bonds. The van der Waals surface area contributed by atoms with E-state index in [1.54, 1.807) is 38.5 Å². The van der Waals surface area contributed by atoms with Crippen molar-refractivity contribution in [1.29, 1.82) is 0 Å². The lowest BCUT2D eigenvalue weighted by molar-refractivity contribution is -0.109.